The predicted molar refractivity (Wildman–Crippen MR) is 114 cm³/mol. The summed E-state index contributed by atoms with van der Waals surface area (Å²) in [4.78, 5) is 39.0. The second-order valence-electron chi connectivity index (χ2n) is 8.66. The van der Waals surface area contributed by atoms with Gasteiger partial charge in [0.2, 0.25) is 0 Å². The van der Waals surface area contributed by atoms with Gasteiger partial charge in [-0.1, -0.05) is 26.0 Å². The van der Waals surface area contributed by atoms with Crippen LogP contribution in [0.2, 0.25) is 0 Å². The lowest BCUT2D eigenvalue weighted by Crippen LogP contribution is -2.41. The Hall–Kier alpha value is -2.95. The van der Waals surface area contributed by atoms with E-state index in [1.54, 1.807) is 50.6 Å². The SMILES string of the molecule is COc1ccc(C(=O)CC(c2ccc(OC)cc2)C2C(=O)CC(C)(C)CC2=O)cc1. The van der Waals surface area contributed by atoms with Crippen LogP contribution in [0.4, 0.5) is 0 Å². The number of benzene rings is 2. The molecule has 1 fully saturated rings. The van der Waals surface area contributed by atoms with Crippen LogP contribution in [0, 0.1) is 11.3 Å². The molecule has 30 heavy (non-hydrogen) atoms. The molecule has 3 rings (SSSR count). The van der Waals surface area contributed by atoms with E-state index in [1.165, 1.54) is 0 Å². The molecule has 0 saturated heterocycles. The average molecular weight is 408 g/mol. The number of Topliss-reactive ketones (excluding diaryl/α,β-unsaturated/α-hetero) is 3. The van der Waals surface area contributed by atoms with Crippen molar-refractivity contribution >= 4 is 17.3 Å². The van der Waals surface area contributed by atoms with Crippen LogP contribution in [0.25, 0.3) is 0 Å². The summed E-state index contributed by atoms with van der Waals surface area (Å²) in [5.74, 6) is -0.224. The molecule has 158 valence electrons. The van der Waals surface area contributed by atoms with Crippen LogP contribution in [0.1, 0.15) is 54.9 Å². The first-order valence-corrected chi connectivity index (χ1v) is 10.1. The first kappa shape index (κ1) is 21.8. The minimum Gasteiger partial charge on any atom is -0.497 e. The molecular formula is C25H28O5. The van der Waals surface area contributed by atoms with Crippen molar-refractivity contribution in [2.24, 2.45) is 11.3 Å². The Kier molecular flexibility index (Phi) is 6.40. The van der Waals surface area contributed by atoms with Crippen molar-refractivity contribution < 1.29 is 23.9 Å². The number of ether oxygens (including phenoxy) is 2. The molecule has 1 aliphatic rings. The molecule has 5 nitrogen and oxygen atoms in total. The lowest BCUT2D eigenvalue weighted by Gasteiger charge is -2.35. The van der Waals surface area contributed by atoms with Gasteiger partial charge in [0.25, 0.3) is 0 Å². The molecule has 0 bridgehead atoms. The molecule has 2 aromatic carbocycles. The van der Waals surface area contributed by atoms with E-state index in [1.807, 2.05) is 26.0 Å². The fraction of sp³-hybridized carbons (Fsp3) is 0.400. The van der Waals surface area contributed by atoms with Crippen LogP contribution in [0.15, 0.2) is 48.5 Å². The smallest absolute Gasteiger partial charge is 0.163 e. The van der Waals surface area contributed by atoms with Crippen molar-refractivity contribution in [2.45, 2.75) is 39.0 Å². The standard InChI is InChI=1S/C25H28O5/c1-25(2)14-22(27)24(23(28)15-25)20(16-5-9-18(29-3)10-6-16)13-21(26)17-7-11-19(30-4)12-8-17/h5-12,20,24H,13-15H2,1-4H3. The van der Waals surface area contributed by atoms with Gasteiger partial charge in [0.15, 0.2) is 5.78 Å². The molecular weight excluding hydrogens is 380 g/mol. The van der Waals surface area contributed by atoms with Crippen LogP contribution >= 0.6 is 0 Å². The number of methoxy groups -OCH3 is 2. The molecule has 0 heterocycles. The summed E-state index contributed by atoms with van der Waals surface area (Å²) in [6.07, 6.45) is 0.765. The van der Waals surface area contributed by atoms with Crippen molar-refractivity contribution in [3.05, 3.63) is 59.7 Å². The zero-order valence-electron chi connectivity index (χ0n) is 17.9. The van der Waals surface area contributed by atoms with Crippen LogP contribution in [-0.4, -0.2) is 31.6 Å². The minimum absolute atomic E-state index is 0.0837. The van der Waals surface area contributed by atoms with Crippen LogP contribution in [0.5, 0.6) is 11.5 Å². The second-order valence-corrected chi connectivity index (χ2v) is 8.66. The van der Waals surface area contributed by atoms with Crippen LogP contribution < -0.4 is 9.47 Å². The molecule has 0 aliphatic heterocycles. The Balaban J connectivity index is 1.93. The van der Waals surface area contributed by atoms with Crippen LogP contribution in [-0.2, 0) is 9.59 Å². The van der Waals surface area contributed by atoms with Crippen LogP contribution in [0.3, 0.4) is 0 Å². The van der Waals surface area contributed by atoms with Crippen molar-refractivity contribution in [1.82, 2.24) is 0 Å². The Morgan fingerprint density at radius 2 is 1.37 bits per heavy atom. The number of hydrogen-bond donors (Lipinski definition) is 0. The lowest BCUT2D eigenvalue weighted by atomic mass is 9.65. The van der Waals surface area contributed by atoms with Gasteiger partial charge in [0, 0.05) is 30.7 Å². The highest BCUT2D eigenvalue weighted by atomic mass is 16.5. The monoisotopic (exact) mass is 408 g/mol. The summed E-state index contributed by atoms with van der Waals surface area (Å²) in [6, 6.07) is 14.1. The highest BCUT2D eigenvalue weighted by Gasteiger charge is 2.44. The summed E-state index contributed by atoms with van der Waals surface area (Å²) in [5.41, 5.74) is 0.990. The van der Waals surface area contributed by atoms with E-state index in [0.29, 0.717) is 29.9 Å². The average Bonchev–Trinajstić information content (AvgIpc) is 2.71. The van der Waals surface area contributed by atoms with Crippen molar-refractivity contribution in [2.75, 3.05) is 14.2 Å². The predicted octanol–water partition coefficient (Wildman–Crippen LogP) is 4.63. The largest absolute Gasteiger partial charge is 0.497 e. The van der Waals surface area contributed by atoms with Gasteiger partial charge in [-0.25, -0.2) is 0 Å². The Bertz CT molecular complexity index is 905. The van der Waals surface area contributed by atoms with Gasteiger partial charge in [0.1, 0.15) is 23.1 Å². The Morgan fingerprint density at radius 1 is 0.900 bits per heavy atom. The van der Waals surface area contributed by atoms with Gasteiger partial charge in [-0.15, -0.1) is 0 Å². The minimum atomic E-state index is -0.798. The highest BCUT2D eigenvalue weighted by molar-refractivity contribution is 6.07. The zero-order valence-corrected chi connectivity index (χ0v) is 17.9. The summed E-state index contributed by atoms with van der Waals surface area (Å²) >= 11 is 0. The molecule has 0 aromatic heterocycles. The third-order valence-electron chi connectivity index (χ3n) is 5.76. The highest BCUT2D eigenvalue weighted by Crippen LogP contribution is 2.41. The maximum atomic E-state index is 13.0. The molecule has 1 saturated carbocycles. The summed E-state index contributed by atoms with van der Waals surface area (Å²) in [5, 5.41) is 0. The van der Waals surface area contributed by atoms with Crippen molar-refractivity contribution in [3.8, 4) is 11.5 Å². The number of ketones is 3. The molecule has 0 N–H and O–H groups in total. The summed E-state index contributed by atoms with van der Waals surface area (Å²) in [7, 11) is 3.15. The third-order valence-corrected chi connectivity index (χ3v) is 5.76. The van der Waals surface area contributed by atoms with Gasteiger partial charge in [-0.05, 0) is 47.4 Å². The maximum Gasteiger partial charge on any atom is 0.163 e. The van der Waals surface area contributed by atoms with E-state index < -0.39 is 11.8 Å². The maximum absolute atomic E-state index is 13.0. The molecule has 1 atom stereocenters. The number of carbonyl (C=O) groups excluding carboxylic acids is 3. The fourth-order valence-electron chi connectivity index (χ4n) is 4.23. The molecule has 0 spiro atoms. The van der Waals surface area contributed by atoms with Gasteiger partial charge in [0.05, 0.1) is 20.1 Å². The van der Waals surface area contributed by atoms with Gasteiger partial charge in [-0.3, -0.25) is 14.4 Å². The van der Waals surface area contributed by atoms with E-state index >= 15 is 0 Å². The second kappa shape index (κ2) is 8.82. The number of carbonyl (C=O) groups is 3. The normalized spacial score (nSPS) is 17.5. The van der Waals surface area contributed by atoms with Gasteiger partial charge >= 0.3 is 0 Å². The Labute approximate surface area is 177 Å². The van der Waals surface area contributed by atoms with E-state index in [4.69, 9.17) is 9.47 Å². The fourth-order valence-corrected chi connectivity index (χ4v) is 4.23. The van der Waals surface area contributed by atoms with E-state index in [-0.39, 0.29) is 29.2 Å². The topological polar surface area (TPSA) is 69.7 Å². The van der Waals surface area contributed by atoms with Gasteiger partial charge < -0.3 is 9.47 Å². The molecule has 0 amide bonds. The molecule has 5 heteroatoms. The third kappa shape index (κ3) is 4.78. The zero-order chi connectivity index (χ0) is 21.9. The summed E-state index contributed by atoms with van der Waals surface area (Å²) < 4.78 is 10.4. The van der Waals surface area contributed by atoms with E-state index in [2.05, 4.69) is 0 Å². The van der Waals surface area contributed by atoms with Gasteiger partial charge in [-0.2, -0.15) is 0 Å². The Morgan fingerprint density at radius 3 is 1.83 bits per heavy atom. The van der Waals surface area contributed by atoms with Crippen molar-refractivity contribution in [3.63, 3.8) is 0 Å². The van der Waals surface area contributed by atoms with E-state index in [9.17, 15) is 14.4 Å². The molecule has 2 aromatic rings. The number of rotatable bonds is 7. The quantitative estimate of drug-likeness (QED) is 0.493. The summed E-state index contributed by atoms with van der Waals surface area (Å²) in [6.45, 7) is 3.87. The number of hydrogen-bond acceptors (Lipinski definition) is 5. The first-order valence-electron chi connectivity index (χ1n) is 10.1. The molecule has 1 unspecified atom stereocenters. The van der Waals surface area contributed by atoms with Crippen molar-refractivity contribution in [1.29, 1.82) is 0 Å². The molecule has 0 radical (unpaired) electrons. The molecule has 1 aliphatic carbocycles. The van der Waals surface area contributed by atoms with E-state index in [0.717, 1.165) is 5.56 Å². The first-order chi connectivity index (χ1) is 14.2. The lowest BCUT2D eigenvalue weighted by molar-refractivity contribution is -0.140.